The molecule has 10 rings (SSSR count). The number of aromatic nitrogens is 1. The minimum atomic E-state index is 1.17. The SMILES string of the molecule is c1ccc2c(c1)sc1ccc(-c3cc(-c4ccc5sc6ccccc6c5c4)cc(-n4c5ccccc5c5ccccc54)c3)cc12. The van der Waals surface area contributed by atoms with Crippen LogP contribution >= 0.6 is 22.7 Å². The standard InChI is InChI=1S/C42H25NS2/c1-5-13-37-31(9-1)32-10-2-6-14-38(32)43(37)30-22-28(26-17-19-41-35(24-26)33-11-3-7-15-39(33)44-41)21-29(23-30)27-18-20-42-36(25-27)34-12-4-8-16-40(34)45-42/h1-25H. The van der Waals surface area contributed by atoms with Crippen LogP contribution in [0.3, 0.4) is 0 Å². The second-order valence-corrected chi connectivity index (χ2v) is 13.9. The van der Waals surface area contributed by atoms with Gasteiger partial charge >= 0.3 is 0 Å². The van der Waals surface area contributed by atoms with Gasteiger partial charge in [-0.05, 0) is 89.0 Å². The zero-order chi connectivity index (χ0) is 29.5. The van der Waals surface area contributed by atoms with Crippen molar-refractivity contribution in [1.29, 1.82) is 0 Å². The number of benzene rings is 7. The highest BCUT2D eigenvalue weighted by Gasteiger charge is 2.16. The molecule has 7 aromatic carbocycles. The average molecular weight is 608 g/mol. The van der Waals surface area contributed by atoms with Gasteiger partial charge in [0.2, 0.25) is 0 Å². The molecular weight excluding hydrogens is 583 g/mol. The van der Waals surface area contributed by atoms with Gasteiger partial charge in [0, 0.05) is 56.8 Å². The van der Waals surface area contributed by atoms with Crippen molar-refractivity contribution in [2.24, 2.45) is 0 Å². The Morgan fingerprint density at radius 3 is 1.24 bits per heavy atom. The molecule has 45 heavy (non-hydrogen) atoms. The fourth-order valence-corrected chi connectivity index (χ4v) is 9.26. The highest BCUT2D eigenvalue weighted by Crippen LogP contribution is 2.41. The summed E-state index contributed by atoms with van der Waals surface area (Å²) in [7, 11) is 0. The van der Waals surface area contributed by atoms with Gasteiger partial charge in [0.15, 0.2) is 0 Å². The van der Waals surface area contributed by atoms with Crippen LogP contribution in [0.2, 0.25) is 0 Å². The van der Waals surface area contributed by atoms with E-state index < -0.39 is 0 Å². The largest absolute Gasteiger partial charge is 0.309 e. The third-order valence-corrected chi connectivity index (χ3v) is 11.5. The van der Waals surface area contributed by atoms with Crippen LogP contribution in [0.1, 0.15) is 0 Å². The molecule has 0 fully saturated rings. The molecule has 0 N–H and O–H groups in total. The molecule has 0 spiro atoms. The average Bonchev–Trinajstić information content (AvgIpc) is 3.77. The van der Waals surface area contributed by atoms with Crippen LogP contribution in [0.5, 0.6) is 0 Å². The topological polar surface area (TPSA) is 4.93 Å². The predicted molar refractivity (Wildman–Crippen MR) is 197 cm³/mol. The Kier molecular flexibility index (Phi) is 5.39. The maximum atomic E-state index is 2.44. The fraction of sp³-hybridized carbons (Fsp3) is 0. The molecule has 0 atom stereocenters. The van der Waals surface area contributed by atoms with Crippen LogP contribution in [0.15, 0.2) is 152 Å². The van der Waals surface area contributed by atoms with E-state index in [2.05, 4.69) is 156 Å². The van der Waals surface area contributed by atoms with Gasteiger partial charge in [0.1, 0.15) is 0 Å². The zero-order valence-electron chi connectivity index (χ0n) is 24.2. The van der Waals surface area contributed by atoms with Crippen LogP contribution in [0, 0.1) is 0 Å². The van der Waals surface area contributed by atoms with Crippen molar-refractivity contribution in [3.05, 3.63) is 152 Å². The molecule has 3 heterocycles. The van der Waals surface area contributed by atoms with E-state index in [-0.39, 0.29) is 0 Å². The maximum Gasteiger partial charge on any atom is 0.0541 e. The number of rotatable bonds is 3. The molecule has 0 radical (unpaired) electrons. The molecule has 0 aliphatic carbocycles. The summed E-state index contributed by atoms with van der Waals surface area (Å²) >= 11 is 3.74. The number of hydrogen-bond donors (Lipinski definition) is 0. The quantitative estimate of drug-likeness (QED) is 0.188. The monoisotopic (exact) mass is 607 g/mol. The summed E-state index contributed by atoms with van der Waals surface area (Å²) in [5.41, 5.74) is 8.52. The van der Waals surface area contributed by atoms with Gasteiger partial charge in [-0.15, -0.1) is 22.7 Å². The zero-order valence-corrected chi connectivity index (χ0v) is 25.8. The van der Waals surface area contributed by atoms with Crippen molar-refractivity contribution in [1.82, 2.24) is 4.57 Å². The van der Waals surface area contributed by atoms with Crippen molar-refractivity contribution in [2.45, 2.75) is 0 Å². The highest BCUT2D eigenvalue weighted by molar-refractivity contribution is 7.26. The van der Waals surface area contributed by atoms with Crippen molar-refractivity contribution >= 4 is 84.8 Å². The Hall–Kier alpha value is -5.22. The lowest BCUT2D eigenvalue weighted by Crippen LogP contribution is -1.96. The van der Waals surface area contributed by atoms with E-state index in [4.69, 9.17) is 0 Å². The van der Waals surface area contributed by atoms with Crippen molar-refractivity contribution in [2.75, 3.05) is 0 Å². The lowest BCUT2D eigenvalue weighted by Gasteiger charge is -2.14. The van der Waals surface area contributed by atoms with Gasteiger partial charge in [0.05, 0.1) is 11.0 Å². The molecule has 3 aromatic heterocycles. The molecule has 3 heteroatoms. The predicted octanol–water partition coefficient (Wildman–Crippen LogP) is 12.9. The van der Waals surface area contributed by atoms with Crippen LogP contribution in [-0.4, -0.2) is 4.57 Å². The van der Waals surface area contributed by atoms with E-state index in [1.165, 1.54) is 90.1 Å². The van der Waals surface area contributed by atoms with Gasteiger partial charge in [-0.25, -0.2) is 0 Å². The Morgan fingerprint density at radius 1 is 0.311 bits per heavy atom. The second kappa shape index (κ2) is 9.64. The molecule has 0 aliphatic rings. The Bertz CT molecular complexity index is 2590. The lowest BCUT2D eigenvalue weighted by atomic mass is 9.96. The third kappa shape index (κ3) is 3.85. The van der Waals surface area contributed by atoms with Crippen LogP contribution in [-0.2, 0) is 0 Å². The minimum Gasteiger partial charge on any atom is -0.309 e. The van der Waals surface area contributed by atoms with Gasteiger partial charge in [-0.1, -0.05) is 84.9 Å². The van der Waals surface area contributed by atoms with Crippen molar-refractivity contribution < 1.29 is 0 Å². The Balaban J connectivity index is 1.26. The number of hydrogen-bond acceptors (Lipinski definition) is 2. The maximum absolute atomic E-state index is 2.44. The molecule has 1 nitrogen and oxygen atoms in total. The fourth-order valence-electron chi connectivity index (χ4n) is 7.09. The minimum absolute atomic E-state index is 1.17. The first-order chi connectivity index (χ1) is 22.3. The molecule has 0 bridgehead atoms. The first-order valence-corrected chi connectivity index (χ1v) is 16.9. The van der Waals surface area contributed by atoms with E-state index >= 15 is 0 Å². The first kappa shape index (κ1) is 25.1. The number of para-hydroxylation sites is 2. The van der Waals surface area contributed by atoms with Crippen molar-refractivity contribution in [3.63, 3.8) is 0 Å². The molecule has 10 aromatic rings. The summed E-state index contributed by atoms with van der Waals surface area (Å²) in [5.74, 6) is 0. The normalized spacial score (nSPS) is 12.0. The molecular formula is C42H25NS2. The summed E-state index contributed by atoms with van der Waals surface area (Å²) < 4.78 is 7.76. The second-order valence-electron chi connectivity index (χ2n) is 11.8. The van der Waals surface area contributed by atoms with E-state index in [1.54, 1.807) is 0 Å². The highest BCUT2D eigenvalue weighted by atomic mass is 32.1. The summed E-state index contributed by atoms with van der Waals surface area (Å²) in [6.07, 6.45) is 0. The number of fused-ring (bicyclic) bond motifs is 9. The van der Waals surface area contributed by atoms with Gasteiger partial charge in [-0.3, -0.25) is 0 Å². The first-order valence-electron chi connectivity index (χ1n) is 15.3. The lowest BCUT2D eigenvalue weighted by molar-refractivity contribution is 1.18. The van der Waals surface area contributed by atoms with E-state index in [0.717, 1.165) is 0 Å². The number of thiophene rings is 2. The van der Waals surface area contributed by atoms with E-state index in [0.29, 0.717) is 0 Å². The van der Waals surface area contributed by atoms with E-state index in [1.807, 2.05) is 22.7 Å². The van der Waals surface area contributed by atoms with Crippen LogP contribution in [0.25, 0.3) is 90.1 Å². The van der Waals surface area contributed by atoms with Gasteiger partial charge in [-0.2, -0.15) is 0 Å². The molecule has 0 aliphatic heterocycles. The summed E-state index contributed by atoms with van der Waals surface area (Å²) in [6, 6.07) is 56.1. The third-order valence-electron chi connectivity index (χ3n) is 9.18. The Morgan fingerprint density at radius 2 is 0.733 bits per heavy atom. The molecule has 210 valence electrons. The smallest absolute Gasteiger partial charge is 0.0541 e. The van der Waals surface area contributed by atoms with Crippen LogP contribution in [0.4, 0.5) is 0 Å². The molecule has 0 amide bonds. The van der Waals surface area contributed by atoms with Gasteiger partial charge in [0.25, 0.3) is 0 Å². The summed E-state index contributed by atoms with van der Waals surface area (Å²) in [6.45, 7) is 0. The molecule has 0 unspecified atom stereocenters. The van der Waals surface area contributed by atoms with Crippen LogP contribution < -0.4 is 0 Å². The summed E-state index contributed by atoms with van der Waals surface area (Å²) in [5, 5.41) is 7.85. The number of nitrogens with zero attached hydrogens (tertiary/aromatic N) is 1. The molecule has 0 saturated carbocycles. The molecule has 0 saturated heterocycles. The summed E-state index contributed by atoms with van der Waals surface area (Å²) in [4.78, 5) is 0. The van der Waals surface area contributed by atoms with Crippen molar-refractivity contribution in [3.8, 4) is 27.9 Å². The van der Waals surface area contributed by atoms with E-state index in [9.17, 15) is 0 Å². The van der Waals surface area contributed by atoms with Gasteiger partial charge < -0.3 is 4.57 Å². The Labute approximate surface area is 267 Å².